The van der Waals surface area contributed by atoms with E-state index in [0.29, 0.717) is 24.5 Å². The number of carbonyl (C=O) groups excluding carboxylic acids is 1. The van der Waals surface area contributed by atoms with Crippen molar-refractivity contribution in [1.82, 2.24) is 19.4 Å². The Morgan fingerprint density at radius 3 is 2.39 bits per heavy atom. The number of hydrogen-bond acceptors (Lipinski definition) is 5. The summed E-state index contributed by atoms with van der Waals surface area (Å²) in [5.41, 5.74) is 1.16. The molecule has 3 aromatic rings. The maximum absolute atomic E-state index is 12.8. The molecule has 1 aliphatic rings. The Labute approximate surface area is 162 Å². The standard InChI is InChI=1S/C19H20N4O4S/c1-27-14-6-8-15(9-7-14)28(25,26)23-12-10-22(11-13-23)19(24)18-16-4-2-3-5-17(16)20-21-18/h2-9H,10-13H2,1H3,(H,20,21). The van der Waals surface area contributed by atoms with Crippen LogP contribution in [0, 0.1) is 0 Å². The predicted octanol–water partition coefficient (Wildman–Crippen LogP) is 1.72. The normalized spacial score (nSPS) is 15.7. The first-order chi connectivity index (χ1) is 13.5. The van der Waals surface area contributed by atoms with Gasteiger partial charge in [-0.3, -0.25) is 9.89 Å². The summed E-state index contributed by atoms with van der Waals surface area (Å²) in [6, 6.07) is 13.7. The average Bonchev–Trinajstić information content (AvgIpc) is 3.17. The molecule has 1 aliphatic heterocycles. The number of aromatic amines is 1. The van der Waals surface area contributed by atoms with Gasteiger partial charge in [0, 0.05) is 31.6 Å². The highest BCUT2D eigenvalue weighted by Gasteiger charge is 2.31. The van der Waals surface area contributed by atoms with Crippen LogP contribution in [0.15, 0.2) is 53.4 Å². The van der Waals surface area contributed by atoms with Gasteiger partial charge in [-0.1, -0.05) is 18.2 Å². The molecular formula is C19H20N4O4S. The number of amides is 1. The number of para-hydroxylation sites is 1. The third kappa shape index (κ3) is 3.23. The van der Waals surface area contributed by atoms with E-state index in [-0.39, 0.29) is 23.9 Å². The molecule has 2 aromatic carbocycles. The minimum Gasteiger partial charge on any atom is -0.497 e. The van der Waals surface area contributed by atoms with E-state index >= 15 is 0 Å². The van der Waals surface area contributed by atoms with Crippen molar-refractivity contribution in [3.05, 3.63) is 54.2 Å². The molecule has 1 amide bonds. The molecule has 0 saturated carbocycles. The highest BCUT2D eigenvalue weighted by Crippen LogP contribution is 2.22. The van der Waals surface area contributed by atoms with Gasteiger partial charge >= 0.3 is 0 Å². The molecule has 28 heavy (non-hydrogen) atoms. The maximum Gasteiger partial charge on any atom is 0.275 e. The zero-order valence-electron chi connectivity index (χ0n) is 15.3. The number of nitrogens with one attached hydrogen (secondary N) is 1. The van der Waals surface area contributed by atoms with Crippen LogP contribution in [0.3, 0.4) is 0 Å². The molecule has 2 heterocycles. The second-order valence-corrected chi connectivity index (χ2v) is 8.43. The first-order valence-electron chi connectivity index (χ1n) is 8.87. The Bertz CT molecular complexity index is 1100. The molecule has 1 aromatic heterocycles. The zero-order valence-corrected chi connectivity index (χ0v) is 16.1. The average molecular weight is 400 g/mol. The summed E-state index contributed by atoms with van der Waals surface area (Å²) in [6.07, 6.45) is 0. The molecule has 0 atom stereocenters. The number of sulfonamides is 1. The van der Waals surface area contributed by atoms with Gasteiger partial charge in [0.05, 0.1) is 17.5 Å². The van der Waals surface area contributed by atoms with E-state index in [9.17, 15) is 13.2 Å². The van der Waals surface area contributed by atoms with Crippen molar-refractivity contribution in [1.29, 1.82) is 0 Å². The molecule has 0 unspecified atom stereocenters. The van der Waals surface area contributed by atoms with Crippen LogP contribution in [-0.4, -0.2) is 67.0 Å². The molecule has 0 spiro atoms. The number of methoxy groups -OCH3 is 1. The third-order valence-electron chi connectivity index (χ3n) is 4.90. The third-order valence-corrected chi connectivity index (χ3v) is 6.81. The van der Waals surface area contributed by atoms with Crippen LogP contribution in [0.5, 0.6) is 5.75 Å². The Hall–Kier alpha value is -2.91. The summed E-state index contributed by atoms with van der Waals surface area (Å²) >= 11 is 0. The summed E-state index contributed by atoms with van der Waals surface area (Å²) in [6.45, 7) is 1.11. The SMILES string of the molecule is COc1ccc(S(=O)(=O)N2CCN(C(=O)c3n[nH]c4ccccc34)CC2)cc1. The highest BCUT2D eigenvalue weighted by atomic mass is 32.2. The Morgan fingerprint density at radius 2 is 1.71 bits per heavy atom. The lowest BCUT2D eigenvalue weighted by molar-refractivity contribution is 0.0694. The molecule has 146 valence electrons. The quantitative estimate of drug-likeness (QED) is 0.719. The van der Waals surface area contributed by atoms with Gasteiger partial charge in [0.1, 0.15) is 5.75 Å². The van der Waals surface area contributed by atoms with Gasteiger partial charge < -0.3 is 9.64 Å². The number of rotatable bonds is 4. The van der Waals surface area contributed by atoms with Crippen molar-refractivity contribution in [2.45, 2.75) is 4.90 Å². The van der Waals surface area contributed by atoms with Crippen LogP contribution < -0.4 is 4.74 Å². The number of aromatic nitrogens is 2. The van der Waals surface area contributed by atoms with E-state index in [1.807, 2.05) is 24.3 Å². The maximum atomic E-state index is 12.8. The van der Waals surface area contributed by atoms with Crippen molar-refractivity contribution < 1.29 is 17.9 Å². The zero-order chi connectivity index (χ0) is 19.7. The second kappa shape index (κ2) is 7.25. The van der Waals surface area contributed by atoms with Gasteiger partial charge in [-0.15, -0.1) is 0 Å². The molecule has 0 aliphatic carbocycles. The number of benzene rings is 2. The summed E-state index contributed by atoms with van der Waals surface area (Å²) < 4.78 is 32.1. The van der Waals surface area contributed by atoms with Crippen LogP contribution in [0.25, 0.3) is 10.9 Å². The van der Waals surface area contributed by atoms with Crippen LogP contribution in [0.4, 0.5) is 0 Å². The van der Waals surface area contributed by atoms with Gasteiger partial charge in [-0.25, -0.2) is 8.42 Å². The Balaban J connectivity index is 1.47. The number of fused-ring (bicyclic) bond motifs is 1. The second-order valence-electron chi connectivity index (χ2n) is 6.49. The van der Waals surface area contributed by atoms with Crippen LogP contribution in [0.1, 0.15) is 10.5 Å². The molecule has 9 heteroatoms. The van der Waals surface area contributed by atoms with Crippen molar-refractivity contribution in [3.8, 4) is 5.75 Å². The van der Waals surface area contributed by atoms with Crippen LogP contribution >= 0.6 is 0 Å². The number of nitrogens with zero attached hydrogens (tertiary/aromatic N) is 3. The van der Waals surface area contributed by atoms with E-state index in [4.69, 9.17) is 4.74 Å². The first-order valence-corrected chi connectivity index (χ1v) is 10.3. The fraction of sp³-hybridized carbons (Fsp3) is 0.263. The molecule has 0 bridgehead atoms. The number of hydrogen-bond donors (Lipinski definition) is 1. The van der Waals surface area contributed by atoms with Gasteiger partial charge in [0.25, 0.3) is 5.91 Å². The molecule has 8 nitrogen and oxygen atoms in total. The smallest absolute Gasteiger partial charge is 0.275 e. The van der Waals surface area contributed by atoms with Gasteiger partial charge in [0.15, 0.2) is 5.69 Å². The summed E-state index contributed by atoms with van der Waals surface area (Å²) in [7, 11) is -2.08. The number of H-pyrrole nitrogens is 1. The number of carbonyl (C=O) groups is 1. The van der Waals surface area contributed by atoms with Crippen molar-refractivity contribution in [2.75, 3.05) is 33.3 Å². The lowest BCUT2D eigenvalue weighted by atomic mass is 10.2. The van der Waals surface area contributed by atoms with Crippen LogP contribution in [-0.2, 0) is 10.0 Å². The predicted molar refractivity (Wildman–Crippen MR) is 104 cm³/mol. The molecule has 4 rings (SSSR count). The Kier molecular flexibility index (Phi) is 4.78. The topological polar surface area (TPSA) is 95.6 Å². The minimum absolute atomic E-state index is 0.195. The van der Waals surface area contributed by atoms with Gasteiger partial charge in [0.2, 0.25) is 10.0 Å². The molecule has 0 radical (unpaired) electrons. The van der Waals surface area contributed by atoms with Crippen molar-refractivity contribution in [3.63, 3.8) is 0 Å². The van der Waals surface area contributed by atoms with Crippen molar-refractivity contribution >= 4 is 26.8 Å². The summed E-state index contributed by atoms with van der Waals surface area (Å²) in [5, 5.41) is 7.76. The fourth-order valence-electron chi connectivity index (χ4n) is 3.30. The lowest BCUT2D eigenvalue weighted by Crippen LogP contribution is -2.50. The fourth-order valence-corrected chi connectivity index (χ4v) is 4.73. The minimum atomic E-state index is -3.61. The Morgan fingerprint density at radius 1 is 1.04 bits per heavy atom. The van der Waals surface area contributed by atoms with E-state index in [1.54, 1.807) is 17.0 Å². The molecule has 1 saturated heterocycles. The van der Waals surface area contributed by atoms with E-state index < -0.39 is 10.0 Å². The van der Waals surface area contributed by atoms with Gasteiger partial charge in [-0.2, -0.15) is 9.40 Å². The first kappa shape index (κ1) is 18.5. The molecular weight excluding hydrogens is 380 g/mol. The number of ether oxygens (including phenoxy) is 1. The van der Waals surface area contributed by atoms with Gasteiger partial charge in [-0.05, 0) is 30.3 Å². The molecule has 1 N–H and O–H groups in total. The molecule has 1 fully saturated rings. The van der Waals surface area contributed by atoms with E-state index in [2.05, 4.69) is 10.2 Å². The monoisotopic (exact) mass is 400 g/mol. The lowest BCUT2D eigenvalue weighted by Gasteiger charge is -2.33. The largest absolute Gasteiger partial charge is 0.497 e. The van der Waals surface area contributed by atoms with E-state index in [1.165, 1.54) is 23.5 Å². The van der Waals surface area contributed by atoms with Crippen molar-refractivity contribution in [2.24, 2.45) is 0 Å². The number of piperazine rings is 1. The highest BCUT2D eigenvalue weighted by molar-refractivity contribution is 7.89. The summed E-state index contributed by atoms with van der Waals surface area (Å²) in [5.74, 6) is 0.402. The van der Waals surface area contributed by atoms with E-state index in [0.717, 1.165) is 10.9 Å². The van der Waals surface area contributed by atoms with Crippen LogP contribution in [0.2, 0.25) is 0 Å². The summed E-state index contributed by atoms with van der Waals surface area (Å²) in [4.78, 5) is 14.7.